The molecule has 0 spiro atoms. The molecule has 0 aromatic heterocycles. The van der Waals surface area contributed by atoms with E-state index in [0.29, 0.717) is 17.5 Å². The zero-order valence-electron chi connectivity index (χ0n) is 13.4. The molecule has 1 aromatic rings. The van der Waals surface area contributed by atoms with Gasteiger partial charge < -0.3 is 5.32 Å². The molecule has 1 heterocycles. The van der Waals surface area contributed by atoms with Gasteiger partial charge >= 0.3 is 0 Å². The number of carbonyl (C=O) groups is 3. The quantitative estimate of drug-likeness (QED) is 0.674. The predicted molar refractivity (Wildman–Crippen MR) is 86.4 cm³/mol. The molecule has 1 N–H and O–H groups in total. The Labute approximate surface area is 143 Å². The van der Waals surface area contributed by atoms with E-state index >= 15 is 0 Å². The van der Waals surface area contributed by atoms with Crippen LogP contribution in [0.15, 0.2) is 36.4 Å². The molecule has 0 unspecified atom stereocenters. The predicted octanol–water partition coefficient (Wildman–Crippen LogP) is 1.82. The van der Waals surface area contributed by atoms with Crippen LogP contribution in [0.3, 0.4) is 0 Å². The Morgan fingerprint density at radius 3 is 2.16 bits per heavy atom. The van der Waals surface area contributed by atoms with Crippen LogP contribution < -0.4 is 5.32 Å². The highest BCUT2D eigenvalue weighted by molar-refractivity contribution is 6.09. The van der Waals surface area contributed by atoms with Crippen molar-refractivity contribution in [2.45, 2.75) is 6.42 Å². The molecule has 6 rings (SSSR count). The van der Waals surface area contributed by atoms with E-state index in [1.807, 2.05) is 0 Å². The van der Waals surface area contributed by atoms with Crippen LogP contribution in [0.4, 0.5) is 10.1 Å². The molecule has 128 valence electrons. The van der Waals surface area contributed by atoms with Gasteiger partial charge in [0.15, 0.2) is 0 Å². The second-order valence-electron chi connectivity index (χ2n) is 7.47. The highest BCUT2D eigenvalue weighted by Gasteiger charge is 2.67. The first-order valence-electron chi connectivity index (χ1n) is 8.63. The zero-order valence-corrected chi connectivity index (χ0v) is 13.4. The van der Waals surface area contributed by atoms with Gasteiger partial charge in [-0.3, -0.25) is 19.3 Å². The summed E-state index contributed by atoms with van der Waals surface area (Å²) >= 11 is 0. The summed E-state index contributed by atoms with van der Waals surface area (Å²) in [6.07, 6.45) is 5.32. The average molecular weight is 340 g/mol. The van der Waals surface area contributed by atoms with E-state index in [1.54, 1.807) is 0 Å². The Morgan fingerprint density at radius 1 is 1.04 bits per heavy atom. The lowest BCUT2D eigenvalue weighted by atomic mass is 9.63. The Balaban J connectivity index is 1.32. The normalized spacial score (nSPS) is 37.1. The van der Waals surface area contributed by atoms with Gasteiger partial charge in [0.25, 0.3) is 0 Å². The molecule has 0 radical (unpaired) electrons. The van der Waals surface area contributed by atoms with Crippen molar-refractivity contribution >= 4 is 23.4 Å². The topological polar surface area (TPSA) is 66.5 Å². The monoisotopic (exact) mass is 340 g/mol. The number of anilines is 1. The summed E-state index contributed by atoms with van der Waals surface area (Å²) in [6.45, 7) is -0.281. The van der Waals surface area contributed by atoms with Gasteiger partial charge in [0.1, 0.15) is 12.4 Å². The summed E-state index contributed by atoms with van der Waals surface area (Å²) in [5.41, 5.74) is 0.436. The lowest BCUT2D eigenvalue weighted by Crippen LogP contribution is -2.40. The lowest BCUT2D eigenvalue weighted by molar-refractivity contribution is -0.142. The van der Waals surface area contributed by atoms with Gasteiger partial charge in [-0.25, -0.2) is 4.39 Å². The number of rotatable bonds is 3. The van der Waals surface area contributed by atoms with E-state index < -0.39 is 11.7 Å². The van der Waals surface area contributed by atoms with Crippen LogP contribution in [-0.2, 0) is 14.4 Å². The first-order valence-corrected chi connectivity index (χ1v) is 8.63. The van der Waals surface area contributed by atoms with E-state index in [2.05, 4.69) is 17.5 Å². The van der Waals surface area contributed by atoms with E-state index in [4.69, 9.17) is 0 Å². The molecule has 4 aliphatic carbocycles. The highest BCUT2D eigenvalue weighted by Crippen LogP contribution is 2.65. The highest BCUT2D eigenvalue weighted by atomic mass is 19.1. The molecular formula is C19H17FN2O3. The van der Waals surface area contributed by atoms with Crippen molar-refractivity contribution in [3.8, 4) is 0 Å². The third kappa shape index (κ3) is 2.09. The molecule has 1 aromatic carbocycles. The molecule has 2 bridgehead atoms. The molecule has 3 amide bonds. The summed E-state index contributed by atoms with van der Waals surface area (Å²) in [5, 5.41) is 2.61. The number of nitrogens with one attached hydrogen (secondary N) is 1. The van der Waals surface area contributed by atoms with Crippen LogP contribution in [0.2, 0.25) is 0 Å². The second-order valence-corrected chi connectivity index (χ2v) is 7.47. The van der Waals surface area contributed by atoms with Crippen LogP contribution in [0.5, 0.6) is 0 Å². The fourth-order valence-corrected chi connectivity index (χ4v) is 5.05. The van der Waals surface area contributed by atoms with Gasteiger partial charge in [-0.1, -0.05) is 12.2 Å². The largest absolute Gasteiger partial charge is 0.325 e. The van der Waals surface area contributed by atoms with E-state index in [-0.39, 0.29) is 42.0 Å². The zero-order chi connectivity index (χ0) is 17.3. The first-order chi connectivity index (χ1) is 12.0. The molecule has 5 nitrogen and oxygen atoms in total. The standard InChI is InChI=1S/C19H17FN2O3/c20-9-1-3-10(4-2-9)21-15(23)8-22-18(24)16-11-5-6-12(14-7-13(11)14)17(16)19(22)25/h1-6,11-14,16-17H,7-8H2,(H,21,23)/t11-,12-,13-,14-,16+,17+/m1/s1. The number of carbonyl (C=O) groups excluding carboxylic acids is 3. The molecule has 5 aliphatic rings. The number of halogens is 1. The third-order valence-electron chi connectivity index (χ3n) is 6.18. The minimum atomic E-state index is -0.447. The summed E-state index contributed by atoms with van der Waals surface area (Å²) < 4.78 is 12.9. The average Bonchev–Trinajstić information content (AvgIpc) is 3.38. The summed E-state index contributed by atoms with van der Waals surface area (Å²) in [6, 6.07) is 5.37. The molecule has 6 heteroatoms. The molecule has 3 fully saturated rings. The Hall–Kier alpha value is -2.50. The van der Waals surface area contributed by atoms with Gasteiger partial charge in [0.2, 0.25) is 17.7 Å². The van der Waals surface area contributed by atoms with E-state index in [9.17, 15) is 18.8 Å². The van der Waals surface area contributed by atoms with Crippen molar-refractivity contribution in [3.05, 3.63) is 42.2 Å². The molecule has 6 atom stereocenters. The summed E-state index contributed by atoms with van der Waals surface area (Å²) in [5.74, 6) is -0.450. The van der Waals surface area contributed by atoms with Gasteiger partial charge in [-0.05, 0) is 54.4 Å². The van der Waals surface area contributed by atoms with Crippen LogP contribution in [0.1, 0.15) is 6.42 Å². The number of hydrogen-bond acceptors (Lipinski definition) is 3. The number of likely N-dealkylation sites (tertiary alicyclic amines) is 1. The Morgan fingerprint density at radius 2 is 1.60 bits per heavy atom. The Bertz CT molecular complexity index is 782. The van der Waals surface area contributed by atoms with Crippen molar-refractivity contribution in [2.75, 3.05) is 11.9 Å². The van der Waals surface area contributed by atoms with Crippen molar-refractivity contribution in [1.29, 1.82) is 0 Å². The van der Waals surface area contributed by atoms with Crippen molar-refractivity contribution in [2.24, 2.45) is 35.5 Å². The molecule has 1 aliphatic heterocycles. The number of benzene rings is 1. The van der Waals surface area contributed by atoms with Gasteiger partial charge in [-0.15, -0.1) is 0 Å². The maximum atomic E-state index is 12.9. The molecular weight excluding hydrogens is 323 g/mol. The number of allylic oxidation sites excluding steroid dienone is 2. The minimum Gasteiger partial charge on any atom is -0.325 e. The van der Waals surface area contributed by atoms with Crippen LogP contribution >= 0.6 is 0 Å². The maximum Gasteiger partial charge on any atom is 0.244 e. The molecule has 1 saturated heterocycles. The third-order valence-corrected chi connectivity index (χ3v) is 6.18. The van der Waals surface area contributed by atoms with Gasteiger partial charge in [0.05, 0.1) is 11.8 Å². The number of nitrogens with zero attached hydrogens (tertiary/aromatic N) is 1. The van der Waals surface area contributed by atoms with Crippen LogP contribution in [0, 0.1) is 41.3 Å². The number of hydrogen-bond donors (Lipinski definition) is 1. The van der Waals surface area contributed by atoms with Gasteiger partial charge in [-0.2, -0.15) is 0 Å². The fraction of sp³-hybridized carbons (Fsp3) is 0.421. The molecule has 2 saturated carbocycles. The van der Waals surface area contributed by atoms with Crippen molar-refractivity contribution in [3.63, 3.8) is 0 Å². The maximum absolute atomic E-state index is 12.9. The first kappa shape index (κ1) is 14.8. The molecule has 25 heavy (non-hydrogen) atoms. The van der Waals surface area contributed by atoms with E-state index in [1.165, 1.54) is 24.3 Å². The van der Waals surface area contributed by atoms with Gasteiger partial charge in [0, 0.05) is 5.69 Å². The van der Waals surface area contributed by atoms with Crippen molar-refractivity contribution in [1.82, 2.24) is 4.90 Å². The second kappa shape index (κ2) is 5.00. The lowest BCUT2D eigenvalue weighted by Gasteiger charge is -2.37. The van der Waals surface area contributed by atoms with E-state index in [0.717, 1.165) is 11.3 Å². The SMILES string of the molecule is O=C(CN1C(=O)[C@H]2[C@@H]3C=C[C@H]([C@H]4C[C@H]34)[C@@H]2C1=O)Nc1ccc(F)cc1. The smallest absolute Gasteiger partial charge is 0.244 e. The summed E-state index contributed by atoms with van der Waals surface area (Å²) in [4.78, 5) is 38.9. The van der Waals surface area contributed by atoms with Crippen molar-refractivity contribution < 1.29 is 18.8 Å². The fourth-order valence-electron chi connectivity index (χ4n) is 5.05. The summed E-state index contributed by atoms with van der Waals surface area (Å²) in [7, 11) is 0. The minimum absolute atomic E-state index is 0.154. The van der Waals surface area contributed by atoms with Crippen LogP contribution in [0.25, 0.3) is 0 Å². The number of imide groups is 1. The number of amides is 3. The van der Waals surface area contributed by atoms with Crippen LogP contribution in [-0.4, -0.2) is 29.2 Å². The Kier molecular flexibility index (Phi) is 2.96.